The minimum atomic E-state index is -0.351. The van der Waals surface area contributed by atoms with Crippen LogP contribution in [0.2, 0.25) is 0 Å². The van der Waals surface area contributed by atoms with Gasteiger partial charge in [0, 0.05) is 11.1 Å². The lowest BCUT2D eigenvalue weighted by Crippen LogP contribution is -2.10. The first-order valence-electron chi connectivity index (χ1n) is 5.79. The van der Waals surface area contributed by atoms with Gasteiger partial charge in [-0.15, -0.1) is 0 Å². The van der Waals surface area contributed by atoms with Crippen LogP contribution in [0, 0.1) is 13.8 Å². The van der Waals surface area contributed by atoms with Crippen molar-refractivity contribution in [2.45, 2.75) is 13.8 Å². The van der Waals surface area contributed by atoms with Gasteiger partial charge in [0.15, 0.2) is 0 Å². The van der Waals surface area contributed by atoms with Gasteiger partial charge in [0.25, 0.3) is 0 Å². The molecule has 92 valence electrons. The lowest BCUT2D eigenvalue weighted by atomic mass is 10.0. The highest BCUT2D eigenvalue weighted by atomic mass is 16.5. The van der Waals surface area contributed by atoms with E-state index in [0.717, 1.165) is 16.5 Å². The summed E-state index contributed by atoms with van der Waals surface area (Å²) in [4.78, 5) is 16.4. The van der Waals surface area contributed by atoms with Crippen molar-refractivity contribution in [3.63, 3.8) is 0 Å². The Labute approximate surface area is 106 Å². The largest absolute Gasteiger partial charge is 0.458 e. The Morgan fingerprint density at radius 3 is 2.61 bits per heavy atom. The molecule has 0 aliphatic heterocycles. The molecule has 0 aliphatic rings. The molecule has 18 heavy (non-hydrogen) atoms. The number of nitrogens with zero attached hydrogens (tertiary/aromatic N) is 1. The fourth-order valence-corrected chi connectivity index (χ4v) is 2.04. The zero-order valence-corrected chi connectivity index (χ0v) is 10.6. The number of carbonyl (C=O) groups is 1. The third kappa shape index (κ3) is 2.12. The highest BCUT2D eigenvalue weighted by molar-refractivity contribution is 6.05. The topological polar surface area (TPSA) is 39.2 Å². The van der Waals surface area contributed by atoms with E-state index in [0.29, 0.717) is 11.3 Å². The summed E-state index contributed by atoms with van der Waals surface area (Å²) in [5.41, 5.74) is 2.15. The van der Waals surface area contributed by atoms with Crippen molar-refractivity contribution in [1.82, 2.24) is 4.98 Å². The van der Waals surface area contributed by atoms with E-state index in [1.807, 2.05) is 38.1 Å². The molecule has 2 aromatic rings. The average molecular weight is 241 g/mol. The molecule has 0 radical (unpaired) electrons. The number of aryl methyl sites for hydroxylation is 2. The Hall–Kier alpha value is -2.16. The number of carbonyl (C=O) groups excluding carboxylic acids is 1. The standard InChI is InChI=1S/C15H15NO2/c1-4-9-18-15(17)14-11(3)16-10(2)12-7-5-6-8-13(12)14/h4-8H,1,9H2,2-3H3. The number of pyridine rings is 1. The minimum Gasteiger partial charge on any atom is -0.458 e. The minimum absolute atomic E-state index is 0.209. The molecular formula is C15H15NO2. The van der Waals surface area contributed by atoms with E-state index in [4.69, 9.17) is 4.74 Å². The summed E-state index contributed by atoms with van der Waals surface area (Å²) in [5.74, 6) is -0.351. The number of ether oxygens (including phenoxy) is 1. The molecule has 0 bridgehead atoms. The number of benzene rings is 1. The number of hydrogen-bond acceptors (Lipinski definition) is 3. The van der Waals surface area contributed by atoms with E-state index < -0.39 is 0 Å². The molecule has 0 saturated heterocycles. The molecule has 1 aromatic heterocycles. The van der Waals surface area contributed by atoms with Gasteiger partial charge in [0.1, 0.15) is 6.61 Å². The third-order valence-corrected chi connectivity index (χ3v) is 2.82. The lowest BCUT2D eigenvalue weighted by Gasteiger charge is -2.10. The van der Waals surface area contributed by atoms with Gasteiger partial charge in [-0.25, -0.2) is 4.79 Å². The molecule has 0 aliphatic carbocycles. The second-order valence-electron chi connectivity index (χ2n) is 4.09. The maximum Gasteiger partial charge on any atom is 0.340 e. The number of fused-ring (bicyclic) bond motifs is 1. The van der Waals surface area contributed by atoms with Gasteiger partial charge >= 0.3 is 5.97 Å². The van der Waals surface area contributed by atoms with Gasteiger partial charge in [-0.1, -0.05) is 36.9 Å². The number of rotatable bonds is 3. The first kappa shape index (κ1) is 12.3. The van der Waals surface area contributed by atoms with Crippen LogP contribution < -0.4 is 0 Å². The maximum absolute atomic E-state index is 12.0. The lowest BCUT2D eigenvalue weighted by molar-refractivity contribution is 0.0550. The van der Waals surface area contributed by atoms with Crippen molar-refractivity contribution in [2.75, 3.05) is 6.61 Å². The average Bonchev–Trinajstić information content (AvgIpc) is 2.36. The molecule has 0 atom stereocenters. The van der Waals surface area contributed by atoms with Crippen molar-refractivity contribution in [1.29, 1.82) is 0 Å². The van der Waals surface area contributed by atoms with Crippen LogP contribution in [0.3, 0.4) is 0 Å². The summed E-state index contributed by atoms with van der Waals surface area (Å²) in [6.07, 6.45) is 1.55. The third-order valence-electron chi connectivity index (χ3n) is 2.82. The van der Waals surface area contributed by atoms with Crippen molar-refractivity contribution < 1.29 is 9.53 Å². The second kappa shape index (κ2) is 5.00. The summed E-state index contributed by atoms with van der Waals surface area (Å²) in [6.45, 7) is 7.50. The molecule has 0 spiro atoms. The van der Waals surface area contributed by atoms with Gasteiger partial charge in [-0.2, -0.15) is 0 Å². The molecule has 0 saturated carbocycles. The zero-order valence-electron chi connectivity index (χ0n) is 10.6. The van der Waals surface area contributed by atoms with Crippen LogP contribution in [0.4, 0.5) is 0 Å². The predicted molar refractivity (Wildman–Crippen MR) is 71.7 cm³/mol. The van der Waals surface area contributed by atoms with Gasteiger partial charge < -0.3 is 4.74 Å². The molecule has 0 N–H and O–H groups in total. The van der Waals surface area contributed by atoms with E-state index in [-0.39, 0.29) is 12.6 Å². The van der Waals surface area contributed by atoms with Gasteiger partial charge in [0.05, 0.1) is 11.3 Å². The Balaban J connectivity index is 2.62. The van der Waals surface area contributed by atoms with Gasteiger partial charge in [-0.05, 0) is 19.2 Å². The van der Waals surface area contributed by atoms with Crippen LogP contribution in [0.25, 0.3) is 10.8 Å². The van der Waals surface area contributed by atoms with E-state index in [1.54, 1.807) is 6.08 Å². The van der Waals surface area contributed by atoms with Crippen LogP contribution in [0.5, 0.6) is 0 Å². The Morgan fingerprint density at radius 2 is 1.94 bits per heavy atom. The molecule has 1 aromatic carbocycles. The normalized spacial score (nSPS) is 10.3. The summed E-state index contributed by atoms with van der Waals surface area (Å²) in [7, 11) is 0. The van der Waals surface area contributed by atoms with Crippen molar-refractivity contribution in [3.05, 3.63) is 53.9 Å². The summed E-state index contributed by atoms with van der Waals surface area (Å²) in [5, 5.41) is 1.87. The molecule has 0 amide bonds. The van der Waals surface area contributed by atoms with Crippen LogP contribution >= 0.6 is 0 Å². The monoisotopic (exact) mass is 241 g/mol. The summed E-state index contributed by atoms with van der Waals surface area (Å²) < 4.78 is 5.11. The van der Waals surface area contributed by atoms with Crippen LogP contribution in [0.15, 0.2) is 36.9 Å². The zero-order chi connectivity index (χ0) is 13.1. The summed E-state index contributed by atoms with van der Waals surface area (Å²) in [6, 6.07) is 7.72. The van der Waals surface area contributed by atoms with E-state index in [1.165, 1.54) is 0 Å². The Kier molecular flexibility index (Phi) is 3.42. The van der Waals surface area contributed by atoms with Crippen LogP contribution in [-0.2, 0) is 4.74 Å². The summed E-state index contributed by atoms with van der Waals surface area (Å²) >= 11 is 0. The van der Waals surface area contributed by atoms with Crippen molar-refractivity contribution in [2.24, 2.45) is 0 Å². The molecule has 3 nitrogen and oxygen atoms in total. The van der Waals surface area contributed by atoms with Crippen LogP contribution in [0.1, 0.15) is 21.7 Å². The first-order valence-corrected chi connectivity index (χ1v) is 5.79. The molecule has 2 rings (SSSR count). The van der Waals surface area contributed by atoms with E-state index >= 15 is 0 Å². The smallest absolute Gasteiger partial charge is 0.340 e. The molecule has 0 unspecified atom stereocenters. The predicted octanol–water partition coefficient (Wildman–Crippen LogP) is 3.19. The van der Waals surface area contributed by atoms with E-state index in [2.05, 4.69) is 11.6 Å². The number of aromatic nitrogens is 1. The van der Waals surface area contributed by atoms with Gasteiger partial charge in [0.2, 0.25) is 0 Å². The van der Waals surface area contributed by atoms with Gasteiger partial charge in [-0.3, -0.25) is 4.98 Å². The quantitative estimate of drug-likeness (QED) is 0.612. The second-order valence-corrected chi connectivity index (χ2v) is 4.09. The Morgan fingerprint density at radius 1 is 1.28 bits per heavy atom. The molecule has 1 heterocycles. The highest BCUT2D eigenvalue weighted by Gasteiger charge is 2.16. The molecular weight excluding hydrogens is 226 g/mol. The fraction of sp³-hybridized carbons (Fsp3) is 0.200. The Bertz CT molecular complexity index is 617. The molecule has 0 fully saturated rings. The first-order chi connectivity index (χ1) is 8.65. The van der Waals surface area contributed by atoms with Crippen molar-refractivity contribution >= 4 is 16.7 Å². The van der Waals surface area contributed by atoms with Crippen molar-refractivity contribution in [3.8, 4) is 0 Å². The highest BCUT2D eigenvalue weighted by Crippen LogP contribution is 2.24. The maximum atomic E-state index is 12.0. The van der Waals surface area contributed by atoms with E-state index in [9.17, 15) is 4.79 Å². The van der Waals surface area contributed by atoms with Crippen LogP contribution in [-0.4, -0.2) is 17.6 Å². The number of hydrogen-bond donors (Lipinski definition) is 0. The SMILES string of the molecule is C=CCOC(=O)c1c(C)nc(C)c2ccccc12. The fourth-order valence-electron chi connectivity index (χ4n) is 2.04. The molecule has 3 heteroatoms. The number of esters is 1.